The highest BCUT2D eigenvalue weighted by atomic mass is 32.2. The Hall–Kier alpha value is -1.81. The standard InChI is InChI=1S/C15H15O3S/c1-17-11-8-13(16)15(14(9-11)18-2)10-4-6-12(19-3)7-5-10/h4-6,8-9,16H,1-3H3. The first-order chi connectivity index (χ1) is 9.19. The summed E-state index contributed by atoms with van der Waals surface area (Å²) in [6.45, 7) is 0. The number of aromatic hydroxyl groups is 1. The third-order valence-corrected chi connectivity index (χ3v) is 3.50. The third-order valence-electron chi connectivity index (χ3n) is 2.80. The van der Waals surface area contributed by atoms with Gasteiger partial charge < -0.3 is 14.6 Å². The van der Waals surface area contributed by atoms with Gasteiger partial charge in [-0.3, -0.25) is 0 Å². The molecule has 4 heteroatoms. The molecule has 0 bridgehead atoms. The van der Waals surface area contributed by atoms with Gasteiger partial charge in [0.2, 0.25) is 0 Å². The predicted octanol–water partition coefficient (Wildman–Crippen LogP) is 3.60. The number of hydrogen-bond acceptors (Lipinski definition) is 4. The van der Waals surface area contributed by atoms with E-state index in [1.54, 1.807) is 38.1 Å². The summed E-state index contributed by atoms with van der Waals surface area (Å²) < 4.78 is 10.4. The summed E-state index contributed by atoms with van der Waals surface area (Å²) in [4.78, 5) is 1.05. The highest BCUT2D eigenvalue weighted by Gasteiger charge is 2.13. The Balaban J connectivity index is 2.53. The van der Waals surface area contributed by atoms with Gasteiger partial charge in [-0.15, -0.1) is 11.8 Å². The van der Waals surface area contributed by atoms with Crippen LogP contribution in [-0.2, 0) is 0 Å². The lowest BCUT2D eigenvalue weighted by Gasteiger charge is -2.13. The zero-order chi connectivity index (χ0) is 13.8. The zero-order valence-electron chi connectivity index (χ0n) is 11.1. The number of phenolic OH excluding ortho intramolecular Hbond substituents is 1. The molecule has 0 aliphatic rings. The Morgan fingerprint density at radius 1 is 1.16 bits per heavy atom. The summed E-state index contributed by atoms with van der Waals surface area (Å²) in [7, 11) is 3.12. The van der Waals surface area contributed by atoms with Crippen LogP contribution in [0.2, 0.25) is 0 Å². The average Bonchev–Trinajstić information content (AvgIpc) is 2.46. The molecule has 0 atom stereocenters. The molecule has 2 rings (SSSR count). The van der Waals surface area contributed by atoms with Gasteiger partial charge in [0.25, 0.3) is 0 Å². The highest BCUT2D eigenvalue weighted by molar-refractivity contribution is 7.98. The second kappa shape index (κ2) is 5.89. The van der Waals surface area contributed by atoms with Gasteiger partial charge in [0.1, 0.15) is 17.2 Å². The van der Waals surface area contributed by atoms with Crippen molar-refractivity contribution in [2.45, 2.75) is 4.90 Å². The van der Waals surface area contributed by atoms with Crippen molar-refractivity contribution in [3.8, 4) is 28.4 Å². The molecule has 19 heavy (non-hydrogen) atoms. The largest absolute Gasteiger partial charge is 0.507 e. The summed E-state index contributed by atoms with van der Waals surface area (Å²) in [6, 6.07) is 12.2. The fourth-order valence-electron chi connectivity index (χ4n) is 1.84. The number of phenols is 1. The van der Waals surface area contributed by atoms with Crippen molar-refractivity contribution in [2.75, 3.05) is 20.5 Å². The maximum Gasteiger partial charge on any atom is 0.134 e. The van der Waals surface area contributed by atoms with Crippen LogP contribution in [0.1, 0.15) is 0 Å². The van der Waals surface area contributed by atoms with Gasteiger partial charge in [0.15, 0.2) is 0 Å². The van der Waals surface area contributed by atoms with Crippen molar-refractivity contribution in [1.82, 2.24) is 0 Å². The Morgan fingerprint density at radius 3 is 2.47 bits per heavy atom. The van der Waals surface area contributed by atoms with Crippen LogP contribution in [0.15, 0.2) is 35.2 Å². The van der Waals surface area contributed by atoms with Crippen LogP contribution in [0.4, 0.5) is 0 Å². The molecule has 0 aliphatic heterocycles. The number of hydrogen-bond donors (Lipinski definition) is 1. The first kappa shape index (κ1) is 13.6. The molecule has 1 N–H and O–H groups in total. The van der Waals surface area contributed by atoms with Crippen molar-refractivity contribution >= 4 is 11.8 Å². The van der Waals surface area contributed by atoms with Crippen LogP contribution in [0.25, 0.3) is 11.1 Å². The first-order valence-electron chi connectivity index (χ1n) is 5.70. The zero-order valence-corrected chi connectivity index (χ0v) is 11.9. The van der Waals surface area contributed by atoms with Gasteiger partial charge in [0.05, 0.1) is 19.8 Å². The van der Waals surface area contributed by atoms with Crippen LogP contribution in [0, 0.1) is 6.07 Å². The van der Waals surface area contributed by atoms with Crippen LogP contribution in [-0.4, -0.2) is 25.6 Å². The predicted molar refractivity (Wildman–Crippen MR) is 77.3 cm³/mol. The summed E-state index contributed by atoms with van der Waals surface area (Å²) >= 11 is 1.62. The normalized spacial score (nSPS) is 10.3. The topological polar surface area (TPSA) is 38.7 Å². The highest BCUT2D eigenvalue weighted by Crippen LogP contribution is 2.41. The van der Waals surface area contributed by atoms with Crippen molar-refractivity contribution in [1.29, 1.82) is 0 Å². The molecule has 0 heterocycles. The molecule has 2 aromatic rings. The Labute approximate surface area is 117 Å². The van der Waals surface area contributed by atoms with E-state index in [1.165, 1.54) is 0 Å². The molecular weight excluding hydrogens is 260 g/mol. The second-order valence-electron chi connectivity index (χ2n) is 3.87. The van der Waals surface area contributed by atoms with E-state index in [9.17, 15) is 5.11 Å². The van der Waals surface area contributed by atoms with Crippen LogP contribution in [0.5, 0.6) is 17.2 Å². The van der Waals surface area contributed by atoms with E-state index >= 15 is 0 Å². The maximum atomic E-state index is 10.1. The minimum atomic E-state index is 0.126. The maximum absolute atomic E-state index is 10.1. The molecule has 0 amide bonds. The van der Waals surface area contributed by atoms with Crippen molar-refractivity contribution < 1.29 is 14.6 Å². The monoisotopic (exact) mass is 275 g/mol. The lowest BCUT2D eigenvalue weighted by atomic mass is 10.0. The summed E-state index contributed by atoms with van der Waals surface area (Å²) in [5.41, 5.74) is 1.50. The van der Waals surface area contributed by atoms with Gasteiger partial charge in [-0.1, -0.05) is 6.07 Å². The van der Waals surface area contributed by atoms with E-state index in [1.807, 2.05) is 24.5 Å². The number of thioether (sulfide) groups is 1. The second-order valence-corrected chi connectivity index (χ2v) is 4.72. The molecule has 0 fully saturated rings. The van der Waals surface area contributed by atoms with Gasteiger partial charge in [-0.25, -0.2) is 0 Å². The first-order valence-corrected chi connectivity index (χ1v) is 6.93. The lowest BCUT2D eigenvalue weighted by Crippen LogP contribution is -1.91. The van der Waals surface area contributed by atoms with Crippen molar-refractivity contribution in [3.05, 3.63) is 36.4 Å². The number of rotatable bonds is 4. The number of benzene rings is 2. The quantitative estimate of drug-likeness (QED) is 0.865. The molecule has 0 unspecified atom stereocenters. The number of ether oxygens (including phenoxy) is 2. The molecule has 0 saturated carbocycles. The van der Waals surface area contributed by atoms with Crippen molar-refractivity contribution in [2.24, 2.45) is 0 Å². The van der Waals surface area contributed by atoms with E-state index in [0.717, 1.165) is 10.5 Å². The van der Waals surface area contributed by atoms with E-state index in [4.69, 9.17) is 9.47 Å². The Morgan fingerprint density at radius 2 is 1.95 bits per heavy atom. The van der Waals surface area contributed by atoms with E-state index in [-0.39, 0.29) is 5.75 Å². The van der Waals surface area contributed by atoms with Gasteiger partial charge >= 0.3 is 0 Å². The fourth-order valence-corrected chi connectivity index (χ4v) is 2.22. The van der Waals surface area contributed by atoms with E-state index in [2.05, 4.69) is 6.07 Å². The smallest absolute Gasteiger partial charge is 0.134 e. The molecule has 2 aromatic carbocycles. The molecule has 0 spiro atoms. The lowest BCUT2D eigenvalue weighted by molar-refractivity contribution is 0.387. The molecule has 0 aromatic heterocycles. The minimum Gasteiger partial charge on any atom is -0.507 e. The van der Waals surface area contributed by atoms with Crippen LogP contribution in [0.3, 0.4) is 0 Å². The number of methoxy groups -OCH3 is 2. The average molecular weight is 275 g/mol. The van der Waals surface area contributed by atoms with Crippen LogP contribution < -0.4 is 9.47 Å². The third kappa shape index (κ3) is 2.79. The SMILES string of the molecule is COc1cc(O)c(-c2c[c]c(SC)cc2)c(OC)c1. The molecule has 0 saturated heterocycles. The van der Waals surface area contributed by atoms with E-state index < -0.39 is 0 Å². The summed E-state index contributed by atoms with van der Waals surface area (Å²) in [6.07, 6.45) is 2.00. The van der Waals surface area contributed by atoms with Gasteiger partial charge in [0, 0.05) is 17.0 Å². The fraction of sp³-hybridized carbons (Fsp3) is 0.200. The van der Waals surface area contributed by atoms with Crippen LogP contribution >= 0.6 is 11.8 Å². The molecule has 0 aliphatic carbocycles. The van der Waals surface area contributed by atoms with Gasteiger partial charge in [-0.2, -0.15) is 0 Å². The molecular formula is C15H15O3S. The molecule has 1 radical (unpaired) electrons. The summed E-state index contributed by atoms with van der Waals surface area (Å²) in [5, 5.41) is 10.1. The van der Waals surface area contributed by atoms with Gasteiger partial charge in [-0.05, 0) is 30.0 Å². The minimum absolute atomic E-state index is 0.126. The Kier molecular flexibility index (Phi) is 4.22. The summed E-state index contributed by atoms with van der Waals surface area (Å²) in [5.74, 6) is 1.26. The Bertz CT molecular complexity index is 564. The molecule has 99 valence electrons. The van der Waals surface area contributed by atoms with E-state index in [0.29, 0.717) is 17.1 Å². The molecule has 3 nitrogen and oxygen atoms in total. The van der Waals surface area contributed by atoms with Crippen molar-refractivity contribution in [3.63, 3.8) is 0 Å².